The molecule has 20 heavy (non-hydrogen) atoms. The molecule has 1 aromatic heterocycles. The molecule has 1 amide bonds. The van der Waals surface area contributed by atoms with Gasteiger partial charge in [0.1, 0.15) is 5.01 Å². The van der Waals surface area contributed by atoms with Gasteiger partial charge in [-0.25, -0.2) is 4.98 Å². The molecule has 2 fully saturated rings. The second-order valence-electron chi connectivity index (χ2n) is 6.07. The molecule has 0 aromatic carbocycles. The van der Waals surface area contributed by atoms with Crippen LogP contribution in [0.15, 0.2) is 5.38 Å². The smallest absolute Gasteiger partial charge is 0.237 e. The van der Waals surface area contributed by atoms with E-state index in [1.807, 2.05) is 6.92 Å². The Labute approximate surface area is 124 Å². The van der Waals surface area contributed by atoms with E-state index >= 15 is 0 Å². The first kappa shape index (κ1) is 14.0. The minimum Gasteiger partial charge on any atom is -0.332 e. The average molecular weight is 293 g/mol. The van der Waals surface area contributed by atoms with Crippen LogP contribution in [0.1, 0.15) is 48.8 Å². The van der Waals surface area contributed by atoms with Gasteiger partial charge in [-0.3, -0.25) is 9.69 Å². The topological polar surface area (TPSA) is 36.4 Å². The van der Waals surface area contributed by atoms with Gasteiger partial charge in [0.05, 0.1) is 12.6 Å². The van der Waals surface area contributed by atoms with Gasteiger partial charge in [0.15, 0.2) is 0 Å². The number of aryl methyl sites for hydroxylation is 1. The maximum atomic E-state index is 12.6. The minimum absolute atomic E-state index is 0.211. The van der Waals surface area contributed by atoms with Crippen LogP contribution in [-0.2, 0) is 4.79 Å². The van der Waals surface area contributed by atoms with Crippen molar-refractivity contribution in [3.05, 3.63) is 16.1 Å². The molecule has 110 valence electrons. The minimum atomic E-state index is 0.211. The molecule has 2 heterocycles. The van der Waals surface area contributed by atoms with Crippen molar-refractivity contribution in [1.29, 1.82) is 0 Å². The van der Waals surface area contributed by atoms with E-state index in [4.69, 9.17) is 0 Å². The van der Waals surface area contributed by atoms with Crippen LogP contribution >= 0.6 is 11.3 Å². The van der Waals surface area contributed by atoms with E-state index in [1.165, 1.54) is 19.3 Å². The van der Waals surface area contributed by atoms with Gasteiger partial charge in [0, 0.05) is 23.7 Å². The predicted molar refractivity (Wildman–Crippen MR) is 80.8 cm³/mol. The molecule has 0 N–H and O–H groups in total. The van der Waals surface area contributed by atoms with Crippen LogP contribution in [0.25, 0.3) is 0 Å². The van der Waals surface area contributed by atoms with Gasteiger partial charge in [0.25, 0.3) is 0 Å². The van der Waals surface area contributed by atoms with Crippen molar-refractivity contribution in [2.75, 3.05) is 20.1 Å². The Kier molecular flexibility index (Phi) is 4.08. The number of carbonyl (C=O) groups is 1. The van der Waals surface area contributed by atoms with Gasteiger partial charge in [-0.05, 0) is 46.1 Å². The number of likely N-dealkylation sites (N-methyl/N-ethyl adjacent to an activating group) is 1. The molecule has 0 bridgehead atoms. The summed E-state index contributed by atoms with van der Waals surface area (Å²) in [7, 11) is 2.07. The van der Waals surface area contributed by atoms with Crippen LogP contribution in [0.2, 0.25) is 0 Å². The third kappa shape index (κ3) is 3.04. The van der Waals surface area contributed by atoms with E-state index in [0.717, 1.165) is 30.1 Å². The lowest BCUT2D eigenvalue weighted by Crippen LogP contribution is -2.44. The largest absolute Gasteiger partial charge is 0.332 e. The summed E-state index contributed by atoms with van der Waals surface area (Å²) in [6.45, 7) is 3.47. The molecule has 4 nitrogen and oxygen atoms in total. The summed E-state index contributed by atoms with van der Waals surface area (Å²) < 4.78 is 0. The molecule has 1 saturated carbocycles. The lowest BCUT2D eigenvalue weighted by atomic mass is 10.0. The van der Waals surface area contributed by atoms with Crippen molar-refractivity contribution in [1.82, 2.24) is 14.8 Å². The van der Waals surface area contributed by atoms with E-state index in [0.29, 0.717) is 12.6 Å². The van der Waals surface area contributed by atoms with Gasteiger partial charge >= 0.3 is 0 Å². The van der Waals surface area contributed by atoms with E-state index in [1.54, 1.807) is 11.3 Å². The fourth-order valence-electron chi connectivity index (χ4n) is 2.96. The van der Waals surface area contributed by atoms with Crippen molar-refractivity contribution in [2.45, 2.75) is 51.1 Å². The Morgan fingerprint density at radius 2 is 2.25 bits per heavy atom. The number of piperidine rings is 1. The highest BCUT2D eigenvalue weighted by Gasteiger charge is 2.33. The molecule has 1 aliphatic heterocycles. The molecule has 1 aliphatic carbocycles. The highest BCUT2D eigenvalue weighted by atomic mass is 32.1. The summed E-state index contributed by atoms with van der Waals surface area (Å²) in [6.07, 6.45) is 5.88. The number of thiazole rings is 1. The Morgan fingerprint density at radius 3 is 2.90 bits per heavy atom. The molecular formula is C15H23N3OS. The van der Waals surface area contributed by atoms with E-state index in [9.17, 15) is 4.79 Å². The van der Waals surface area contributed by atoms with Crippen molar-refractivity contribution in [3.63, 3.8) is 0 Å². The number of hydrogen-bond acceptors (Lipinski definition) is 4. The molecule has 0 radical (unpaired) electrons. The molecular weight excluding hydrogens is 270 g/mol. The Morgan fingerprint density at radius 1 is 1.45 bits per heavy atom. The summed E-state index contributed by atoms with van der Waals surface area (Å²) in [6, 6.07) is 0.854. The van der Waals surface area contributed by atoms with Gasteiger partial charge < -0.3 is 4.90 Å². The Balaban J connectivity index is 1.69. The van der Waals surface area contributed by atoms with Gasteiger partial charge in [-0.15, -0.1) is 11.3 Å². The summed E-state index contributed by atoms with van der Waals surface area (Å²) in [5, 5.41) is 3.20. The monoisotopic (exact) mass is 293 g/mol. The second kappa shape index (κ2) is 5.82. The molecule has 5 heteroatoms. The number of amides is 1. The number of carbonyl (C=O) groups excluding carboxylic acids is 1. The molecule has 1 aromatic rings. The lowest BCUT2D eigenvalue weighted by Gasteiger charge is -2.35. The number of aromatic nitrogens is 1. The highest BCUT2D eigenvalue weighted by Crippen LogP contribution is 2.33. The zero-order valence-electron chi connectivity index (χ0n) is 12.3. The van der Waals surface area contributed by atoms with Crippen LogP contribution in [-0.4, -0.2) is 46.9 Å². The summed E-state index contributed by atoms with van der Waals surface area (Å²) in [5.41, 5.74) is 1.07. The quantitative estimate of drug-likeness (QED) is 0.856. The van der Waals surface area contributed by atoms with Crippen molar-refractivity contribution < 1.29 is 4.79 Å². The first-order valence-electron chi connectivity index (χ1n) is 7.57. The van der Waals surface area contributed by atoms with Crippen molar-refractivity contribution in [3.8, 4) is 0 Å². The van der Waals surface area contributed by atoms with Crippen LogP contribution in [0.5, 0.6) is 0 Å². The normalized spacial score (nSPS) is 23.4. The molecule has 2 aliphatic rings. The third-order valence-corrected chi connectivity index (χ3v) is 5.36. The van der Waals surface area contributed by atoms with Crippen LogP contribution in [0.4, 0.5) is 0 Å². The molecule has 1 unspecified atom stereocenters. The van der Waals surface area contributed by atoms with Gasteiger partial charge in [-0.2, -0.15) is 0 Å². The molecule has 0 spiro atoms. The van der Waals surface area contributed by atoms with Crippen molar-refractivity contribution >= 4 is 17.2 Å². The van der Waals surface area contributed by atoms with Gasteiger partial charge in [0.2, 0.25) is 5.91 Å². The summed E-state index contributed by atoms with van der Waals surface area (Å²) in [5.74, 6) is 0.275. The van der Waals surface area contributed by atoms with Crippen LogP contribution in [0.3, 0.4) is 0 Å². The van der Waals surface area contributed by atoms with E-state index < -0.39 is 0 Å². The summed E-state index contributed by atoms with van der Waals surface area (Å²) >= 11 is 1.70. The Bertz CT molecular complexity index is 483. The zero-order valence-corrected chi connectivity index (χ0v) is 13.2. The predicted octanol–water partition coefficient (Wildman–Crippen LogP) is 2.60. The Hall–Kier alpha value is -0.940. The SMILES string of the molecule is Cc1csc(C2CCCCN2C(=O)CN(C)C2CC2)n1. The van der Waals surface area contributed by atoms with Crippen molar-refractivity contribution in [2.24, 2.45) is 0 Å². The average Bonchev–Trinajstić information content (AvgIpc) is 3.21. The maximum Gasteiger partial charge on any atom is 0.237 e. The molecule has 1 saturated heterocycles. The number of rotatable bonds is 4. The first-order chi connectivity index (χ1) is 9.65. The highest BCUT2D eigenvalue weighted by molar-refractivity contribution is 7.09. The first-order valence-corrected chi connectivity index (χ1v) is 8.45. The number of hydrogen-bond donors (Lipinski definition) is 0. The fraction of sp³-hybridized carbons (Fsp3) is 0.733. The van der Waals surface area contributed by atoms with E-state index in [2.05, 4.69) is 27.2 Å². The molecule has 1 atom stereocenters. The van der Waals surface area contributed by atoms with Crippen LogP contribution < -0.4 is 0 Å². The third-order valence-electron chi connectivity index (χ3n) is 4.30. The standard InChI is InChI=1S/C15H23N3OS/c1-11-10-20-15(16-11)13-5-3-4-8-18(13)14(19)9-17(2)12-6-7-12/h10,12-13H,3-9H2,1-2H3. The second-order valence-corrected chi connectivity index (χ2v) is 6.96. The summed E-state index contributed by atoms with van der Waals surface area (Å²) in [4.78, 5) is 21.5. The maximum absolute atomic E-state index is 12.6. The lowest BCUT2D eigenvalue weighted by molar-refractivity contribution is -0.136. The number of likely N-dealkylation sites (tertiary alicyclic amines) is 1. The fourth-order valence-corrected chi connectivity index (χ4v) is 3.90. The van der Waals surface area contributed by atoms with Gasteiger partial charge in [-0.1, -0.05) is 0 Å². The number of nitrogens with zero attached hydrogens (tertiary/aromatic N) is 3. The zero-order chi connectivity index (χ0) is 14.1. The van der Waals surface area contributed by atoms with E-state index in [-0.39, 0.29) is 11.9 Å². The molecule has 3 rings (SSSR count). The van der Waals surface area contributed by atoms with Crippen LogP contribution in [0, 0.1) is 6.92 Å².